The summed E-state index contributed by atoms with van der Waals surface area (Å²) in [5.41, 5.74) is 3.13. The number of hydrogen-bond donors (Lipinski definition) is 0. The first-order valence-corrected chi connectivity index (χ1v) is 10.8. The summed E-state index contributed by atoms with van der Waals surface area (Å²) in [7, 11) is 1.28. The van der Waals surface area contributed by atoms with Gasteiger partial charge in [-0.2, -0.15) is 0 Å². The van der Waals surface area contributed by atoms with Crippen molar-refractivity contribution in [3.05, 3.63) is 70.3 Å². The summed E-state index contributed by atoms with van der Waals surface area (Å²) in [6.45, 7) is 6.11. The van der Waals surface area contributed by atoms with Crippen LogP contribution < -0.4 is 0 Å². The van der Waals surface area contributed by atoms with E-state index in [0.29, 0.717) is 23.5 Å². The Morgan fingerprint density at radius 1 is 1.12 bits per heavy atom. The molecule has 7 heteroatoms. The highest BCUT2D eigenvalue weighted by molar-refractivity contribution is 5.96. The largest absolute Gasteiger partial charge is 0.463 e. The van der Waals surface area contributed by atoms with E-state index in [-0.39, 0.29) is 37.2 Å². The van der Waals surface area contributed by atoms with Gasteiger partial charge in [-0.1, -0.05) is 37.6 Å². The summed E-state index contributed by atoms with van der Waals surface area (Å²) in [4.78, 5) is 39.7. The molecule has 0 radical (unpaired) electrons. The zero-order valence-corrected chi connectivity index (χ0v) is 19.0. The highest BCUT2D eigenvalue weighted by Crippen LogP contribution is 2.40. The molecule has 0 saturated heterocycles. The molecule has 0 fully saturated rings. The number of ether oxygens (including phenoxy) is 2. The number of benzene rings is 1. The Labute approximate surface area is 188 Å². The van der Waals surface area contributed by atoms with Crippen LogP contribution in [0, 0.1) is 6.92 Å². The second-order valence-corrected chi connectivity index (χ2v) is 7.68. The first-order valence-electron chi connectivity index (χ1n) is 10.8. The maximum Gasteiger partial charge on any atom is 0.373 e. The molecule has 1 amide bonds. The Kier molecular flexibility index (Phi) is 7.51. The second-order valence-electron chi connectivity index (χ2n) is 7.68. The number of furan rings is 1. The highest BCUT2D eigenvalue weighted by Gasteiger charge is 2.39. The maximum absolute atomic E-state index is 13.3. The van der Waals surface area contributed by atoms with Crippen LogP contribution in [0.15, 0.2) is 52.1 Å². The minimum absolute atomic E-state index is 0.0661. The van der Waals surface area contributed by atoms with E-state index in [1.165, 1.54) is 13.2 Å². The van der Waals surface area contributed by atoms with Crippen molar-refractivity contribution in [2.45, 2.75) is 52.5 Å². The number of carbonyl (C=O) groups is 3. The molecule has 0 saturated carbocycles. The molecule has 2 aromatic rings. The molecule has 7 nitrogen and oxygen atoms in total. The smallest absolute Gasteiger partial charge is 0.373 e. The van der Waals surface area contributed by atoms with Gasteiger partial charge in [-0.3, -0.25) is 4.79 Å². The molecule has 0 bridgehead atoms. The quantitative estimate of drug-likeness (QED) is 0.563. The van der Waals surface area contributed by atoms with Crippen molar-refractivity contribution in [3.8, 4) is 0 Å². The molecule has 2 heterocycles. The lowest BCUT2D eigenvalue weighted by Crippen LogP contribution is -2.39. The molecule has 1 aliphatic heterocycles. The predicted octanol–water partition coefficient (Wildman–Crippen LogP) is 4.51. The van der Waals surface area contributed by atoms with E-state index in [2.05, 4.69) is 4.74 Å². The van der Waals surface area contributed by atoms with E-state index < -0.39 is 11.9 Å². The fourth-order valence-corrected chi connectivity index (χ4v) is 4.12. The zero-order chi connectivity index (χ0) is 23.3. The van der Waals surface area contributed by atoms with Crippen LogP contribution >= 0.6 is 0 Å². The first-order chi connectivity index (χ1) is 15.4. The summed E-state index contributed by atoms with van der Waals surface area (Å²) >= 11 is 0. The van der Waals surface area contributed by atoms with Gasteiger partial charge in [-0.05, 0) is 43.5 Å². The number of allylic oxidation sites excluding steroid dienone is 1. The van der Waals surface area contributed by atoms with Crippen molar-refractivity contribution in [1.29, 1.82) is 0 Å². The molecule has 32 heavy (non-hydrogen) atoms. The van der Waals surface area contributed by atoms with Crippen molar-refractivity contribution in [2.24, 2.45) is 0 Å². The minimum Gasteiger partial charge on any atom is -0.463 e. The van der Waals surface area contributed by atoms with E-state index in [1.807, 2.05) is 38.1 Å². The van der Waals surface area contributed by atoms with Crippen LogP contribution in [0.3, 0.4) is 0 Å². The van der Waals surface area contributed by atoms with E-state index in [9.17, 15) is 14.4 Å². The summed E-state index contributed by atoms with van der Waals surface area (Å²) in [6, 6.07) is 10.9. The molecule has 0 N–H and O–H groups in total. The second kappa shape index (κ2) is 10.3. The highest BCUT2D eigenvalue weighted by atomic mass is 16.5. The lowest BCUT2D eigenvalue weighted by atomic mass is 9.81. The Hall–Kier alpha value is -3.35. The first kappa shape index (κ1) is 23.3. The van der Waals surface area contributed by atoms with Crippen LogP contribution in [0.1, 0.15) is 66.5 Å². The third-order valence-electron chi connectivity index (χ3n) is 5.57. The van der Waals surface area contributed by atoms with Crippen molar-refractivity contribution >= 4 is 17.8 Å². The van der Waals surface area contributed by atoms with Crippen LogP contribution in [-0.4, -0.2) is 36.5 Å². The number of hydrogen-bond acceptors (Lipinski definition) is 6. The van der Waals surface area contributed by atoms with Gasteiger partial charge in [-0.25, -0.2) is 9.59 Å². The van der Waals surface area contributed by atoms with E-state index in [0.717, 1.165) is 17.5 Å². The number of esters is 2. The average molecular weight is 440 g/mol. The van der Waals surface area contributed by atoms with Gasteiger partial charge < -0.3 is 18.8 Å². The molecule has 1 aromatic carbocycles. The lowest BCUT2D eigenvalue weighted by Gasteiger charge is -2.36. The molecule has 1 atom stereocenters. The molecule has 1 unspecified atom stereocenters. The third-order valence-corrected chi connectivity index (χ3v) is 5.57. The van der Waals surface area contributed by atoms with E-state index >= 15 is 0 Å². The van der Waals surface area contributed by atoms with Crippen LogP contribution in [0.4, 0.5) is 0 Å². The minimum atomic E-state index is -0.586. The Bertz CT molecular complexity index is 1030. The van der Waals surface area contributed by atoms with Crippen molar-refractivity contribution in [2.75, 3.05) is 13.7 Å². The number of nitrogens with zero attached hydrogens (tertiary/aromatic N) is 1. The predicted molar refractivity (Wildman–Crippen MR) is 118 cm³/mol. The standard InChI is InChI=1S/C25H29NO6/c1-5-9-20-23(25(29)31-6-2)19(18-11-8-7-10-16(18)3)14-22(27)26(20)15-17-12-13-21(32-17)24(28)30-4/h7-8,10-13,19H,5-6,9,14-15H2,1-4H3. The Balaban J connectivity index is 2.08. The third kappa shape index (κ3) is 4.77. The number of aryl methyl sites for hydroxylation is 1. The monoisotopic (exact) mass is 439 g/mol. The summed E-state index contributed by atoms with van der Waals surface area (Å²) in [5, 5.41) is 0. The van der Waals surface area contributed by atoms with Gasteiger partial charge in [0.15, 0.2) is 0 Å². The topological polar surface area (TPSA) is 86.1 Å². The molecule has 0 spiro atoms. The van der Waals surface area contributed by atoms with Gasteiger partial charge in [-0.15, -0.1) is 0 Å². The molecule has 170 valence electrons. The van der Waals surface area contributed by atoms with Crippen LogP contribution in [0.2, 0.25) is 0 Å². The maximum atomic E-state index is 13.3. The Morgan fingerprint density at radius 3 is 2.53 bits per heavy atom. The fourth-order valence-electron chi connectivity index (χ4n) is 4.12. The van der Waals surface area contributed by atoms with Crippen LogP contribution in [0.5, 0.6) is 0 Å². The van der Waals surface area contributed by atoms with E-state index in [1.54, 1.807) is 17.9 Å². The normalized spacial score (nSPS) is 16.3. The van der Waals surface area contributed by atoms with Gasteiger partial charge >= 0.3 is 11.9 Å². The number of carbonyl (C=O) groups excluding carboxylic acids is 3. The molecular weight excluding hydrogens is 410 g/mol. The Morgan fingerprint density at radius 2 is 1.88 bits per heavy atom. The van der Waals surface area contributed by atoms with Crippen molar-refractivity contribution < 1.29 is 28.3 Å². The van der Waals surface area contributed by atoms with Gasteiger partial charge in [0.2, 0.25) is 11.7 Å². The number of amides is 1. The van der Waals surface area contributed by atoms with Crippen molar-refractivity contribution in [3.63, 3.8) is 0 Å². The van der Waals surface area contributed by atoms with Gasteiger partial charge in [0.05, 0.1) is 25.8 Å². The zero-order valence-electron chi connectivity index (χ0n) is 19.0. The molecular formula is C25H29NO6. The number of methoxy groups -OCH3 is 1. The van der Waals surface area contributed by atoms with Gasteiger partial charge in [0.25, 0.3) is 0 Å². The fraction of sp³-hybridized carbons (Fsp3) is 0.400. The lowest BCUT2D eigenvalue weighted by molar-refractivity contribution is -0.140. The van der Waals surface area contributed by atoms with Crippen LogP contribution in [0.25, 0.3) is 0 Å². The average Bonchev–Trinajstić information content (AvgIpc) is 3.24. The summed E-state index contributed by atoms with van der Waals surface area (Å²) < 4.78 is 15.7. The van der Waals surface area contributed by atoms with Crippen LogP contribution in [-0.2, 0) is 25.6 Å². The summed E-state index contributed by atoms with van der Waals surface area (Å²) in [6.07, 6.45) is 1.43. The summed E-state index contributed by atoms with van der Waals surface area (Å²) in [5.74, 6) is -0.969. The van der Waals surface area contributed by atoms with E-state index in [4.69, 9.17) is 9.15 Å². The molecule has 1 aromatic heterocycles. The van der Waals surface area contributed by atoms with Gasteiger partial charge in [0.1, 0.15) is 5.76 Å². The number of rotatable bonds is 8. The molecule has 0 aliphatic carbocycles. The SMILES string of the molecule is CCCC1=C(C(=O)OCC)C(c2ccccc2C)CC(=O)N1Cc1ccc(C(=O)OC)o1. The van der Waals surface area contributed by atoms with Crippen molar-refractivity contribution in [1.82, 2.24) is 4.90 Å². The molecule has 3 rings (SSSR count). The molecule has 1 aliphatic rings. The van der Waals surface area contributed by atoms with Gasteiger partial charge in [0, 0.05) is 18.0 Å².